The van der Waals surface area contributed by atoms with Crippen molar-refractivity contribution in [3.8, 4) is 0 Å². The number of nitrogens with zero attached hydrogens (tertiary/aromatic N) is 2. The Balaban J connectivity index is 2.23. The second-order valence-corrected chi connectivity index (χ2v) is 5.19. The molecule has 1 aliphatic carbocycles. The second kappa shape index (κ2) is 5.38. The molecular weight excluding hydrogens is 244 g/mol. The molecule has 0 aromatic heterocycles. The van der Waals surface area contributed by atoms with Gasteiger partial charge in [0.25, 0.3) is 5.69 Å². The number of nitro benzene ring substituents is 1. The first-order valence-corrected chi connectivity index (χ1v) is 6.49. The number of hydrogen-bond donors (Lipinski definition) is 0. The van der Waals surface area contributed by atoms with Crippen molar-refractivity contribution in [1.29, 1.82) is 0 Å². The van der Waals surface area contributed by atoms with E-state index in [1.54, 1.807) is 12.1 Å². The molecule has 1 fully saturated rings. The van der Waals surface area contributed by atoms with Crippen molar-refractivity contribution in [2.24, 2.45) is 5.92 Å². The van der Waals surface area contributed by atoms with E-state index in [1.165, 1.54) is 32.3 Å². The first kappa shape index (κ1) is 13.5. The van der Waals surface area contributed by atoms with Crippen LogP contribution < -0.4 is 4.90 Å². The zero-order chi connectivity index (χ0) is 14.0. The first-order valence-electron chi connectivity index (χ1n) is 6.49. The maximum atomic E-state index is 11.5. The van der Waals surface area contributed by atoms with Gasteiger partial charge in [0.15, 0.2) is 5.78 Å². The molecule has 0 aliphatic heterocycles. The van der Waals surface area contributed by atoms with Crippen LogP contribution in [0.5, 0.6) is 0 Å². The van der Waals surface area contributed by atoms with Gasteiger partial charge in [-0.05, 0) is 37.8 Å². The third-order valence-corrected chi connectivity index (χ3v) is 3.75. The van der Waals surface area contributed by atoms with E-state index in [-0.39, 0.29) is 17.0 Å². The number of rotatable bonds is 5. The number of benzene rings is 1. The van der Waals surface area contributed by atoms with Gasteiger partial charge in [-0.1, -0.05) is 6.42 Å². The molecule has 0 saturated heterocycles. The molecule has 5 heteroatoms. The summed E-state index contributed by atoms with van der Waals surface area (Å²) in [5, 5.41) is 10.9. The predicted molar refractivity (Wildman–Crippen MR) is 73.7 cm³/mol. The lowest BCUT2D eigenvalue weighted by molar-refractivity contribution is -0.385. The monoisotopic (exact) mass is 262 g/mol. The fourth-order valence-corrected chi connectivity index (χ4v) is 2.37. The van der Waals surface area contributed by atoms with Gasteiger partial charge in [-0.25, -0.2) is 0 Å². The molecule has 1 saturated carbocycles. The molecule has 19 heavy (non-hydrogen) atoms. The normalized spacial score (nSPS) is 14.8. The summed E-state index contributed by atoms with van der Waals surface area (Å²) in [4.78, 5) is 24.0. The average molecular weight is 262 g/mol. The van der Waals surface area contributed by atoms with Gasteiger partial charge in [-0.2, -0.15) is 0 Å². The number of anilines is 1. The van der Waals surface area contributed by atoms with Gasteiger partial charge in [0.1, 0.15) is 0 Å². The molecular formula is C14H18N2O3. The summed E-state index contributed by atoms with van der Waals surface area (Å²) in [5.41, 5.74) is 0.930. The number of carbonyl (C=O) groups excluding carboxylic acids is 1. The average Bonchev–Trinajstić information content (AvgIpc) is 2.32. The highest BCUT2D eigenvalue weighted by atomic mass is 16.6. The highest BCUT2D eigenvalue weighted by molar-refractivity contribution is 5.99. The van der Waals surface area contributed by atoms with Crippen molar-refractivity contribution in [2.45, 2.75) is 26.2 Å². The van der Waals surface area contributed by atoms with E-state index < -0.39 is 4.92 Å². The van der Waals surface area contributed by atoms with Crippen LogP contribution in [0.2, 0.25) is 0 Å². The standard InChI is InChI=1S/C14H18N2O3/c1-10(17)13-8-12(6-7-14(13)16(18)19)15(2)9-11-4-3-5-11/h6-8,11H,3-5,9H2,1-2H3. The largest absolute Gasteiger partial charge is 0.374 e. The van der Waals surface area contributed by atoms with Gasteiger partial charge in [-0.15, -0.1) is 0 Å². The van der Waals surface area contributed by atoms with E-state index >= 15 is 0 Å². The molecule has 0 unspecified atom stereocenters. The Morgan fingerprint density at radius 1 is 1.47 bits per heavy atom. The number of ketones is 1. The van der Waals surface area contributed by atoms with Crippen LogP contribution in [0.15, 0.2) is 18.2 Å². The molecule has 1 aromatic rings. The Morgan fingerprint density at radius 3 is 2.63 bits per heavy atom. The van der Waals surface area contributed by atoms with Crippen molar-refractivity contribution >= 4 is 17.2 Å². The molecule has 0 heterocycles. The van der Waals surface area contributed by atoms with Crippen molar-refractivity contribution in [3.05, 3.63) is 33.9 Å². The smallest absolute Gasteiger partial charge is 0.280 e. The number of carbonyl (C=O) groups is 1. The summed E-state index contributed by atoms with van der Waals surface area (Å²) in [6.45, 7) is 2.30. The third-order valence-electron chi connectivity index (χ3n) is 3.75. The molecule has 0 radical (unpaired) electrons. The lowest BCUT2D eigenvalue weighted by Gasteiger charge is -2.31. The molecule has 1 aliphatic rings. The molecule has 0 spiro atoms. The quantitative estimate of drug-likeness (QED) is 0.465. The number of nitro groups is 1. The third kappa shape index (κ3) is 2.92. The summed E-state index contributed by atoms with van der Waals surface area (Å²) >= 11 is 0. The molecule has 1 aromatic carbocycles. The van der Waals surface area contributed by atoms with Gasteiger partial charge in [-0.3, -0.25) is 14.9 Å². The Morgan fingerprint density at radius 2 is 2.16 bits per heavy atom. The Hall–Kier alpha value is -1.91. The van der Waals surface area contributed by atoms with E-state index in [2.05, 4.69) is 4.90 Å². The van der Waals surface area contributed by atoms with Crippen LogP contribution >= 0.6 is 0 Å². The van der Waals surface area contributed by atoms with E-state index in [1.807, 2.05) is 7.05 Å². The molecule has 0 amide bonds. The SMILES string of the molecule is CC(=O)c1cc(N(C)CC2CCC2)ccc1[N+](=O)[O-]. The zero-order valence-corrected chi connectivity index (χ0v) is 11.3. The molecule has 5 nitrogen and oxygen atoms in total. The van der Waals surface area contributed by atoms with Gasteiger partial charge in [0, 0.05) is 25.3 Å². The number of hydrogen-bond acceptors (Lipinski definition) is 4. The van der Waals surface area contributed by atoms with Crippen LogP contribution in [-0.4, -0.2) is 24.3 Å². The van der Waals surface area contributed by atoms with Crippen LogP contribution in [0, 0.1) is 16.0 Å². The summed E-state index contributed by atoms with van der Waals surface area (Å²) in [5.74, 6) is 0.437. The van der Waals surface area contributed by atoms with Crippen LogP contribution in [0.3, 0.4) is 0 Å². The Bertz CT molecular complexity index is 509. The minimum Gasteiger partial charge on any atom is -0.374 e. The Kier molecular flexibility index (Phi) is 3.83. The highest BCUT2D eigenvalue weighted by Crippen LogP contribution is 2.30. The van der Waals surface area contributed by atoms with Crippen LogP contribution in [-0.2, 0) is 0 Å². The van der Waals surface area contributed by atoms with Crippen molar-refractivity contribution in [1.82, 2.24) is 0 Å². The minimum absolute atomic E-state index is 0.117. The van der Waals surface area contributed by atoms with Crippen LogP contribution in [0.1, 0.15) is 36.5 Å². The summed E-state index contributed by atoms with van der Waals surface area (Å²) in [7, 11) is 1.96. The van der Waals surface area contributed by atoms with E-state index in [9.17, 15) is 14.9 Å². The summed E-state index contributed by atoms with van der Waals surface area (Å²) in [6, 6.07) is 4.76. The van der Waals surface area contributed by atoms with Gasteiger partial charge >= 0.3 is 0 Å². The van der Waals surface area contributed by atoms with Gasteiger partial charge in [0.05, 0.1) is 10.5 Å². The van der Waals surface area contributed by atoms with Crippen molar-refractivity contribution in [2.75, 3.05) is 18.5 Å². The fraction of sp³-hybridized carbons (Fsp3) is 0.500. The maximum Gasteiger partial charge on any atom is 0.280 e. The van der Waals surface area contributed by atoms with Crippen molar-refractivity contribution < 1.29 is 9.72 Å². The fourth-order valence-electron chi connectivity index (χ4n) is 2.37. The number of Topliss-reactive ketones (excluding diaryl/α,β-unsaturated/α-hetero) is 1. The van der Waals surface area contributed by atoms with E-state index in [4.69, 9.17) is 0 Å². The van der Waals surface area contributed by atoms with Gasteiger partial charge in [0.2, 0.25) is 0 Å². The minimum atomic E-state index is -0.507. The predicted octanol–water partition coefficient (Wildman–Crippen LogP) is 3.03. The Labute approximate surface area is 112 Å². The lowest BCUT2D eigenvalue weighted by Crippen LogP contribution is -2.29. The summed E-state index contributed by atoms with van der Waals surface area (Å²) < 4.78 is 0. The van der Waals surface area contributed by atoms with Crippen LogP contribution in [0.25, 0.3) is 0 Å². The molecule has 102 valence electrons. The van der Waals surface area contributed by atoms with Crippen molar-refractivity contribution in [3.63, 3.8) is 0 Å². The van der Waals surface area contributed by atoms with E-state index in [0.29, 0.717) is 5.92 Å². The molecule has 0 bridgehead atoms. The van der Waals surface area contributed by atoms with E-state index in [0.717, 1.165) is 12.2 Å². The molecule has 0 atom stereocenters. The van der Waals surface area contributed by atoms with Crippen LogP contribution in [0.4, 0.5) is 11.4 Å². The second-order valence-electron chi connectivity index (χ2n) is 5.19. The molecule has 0 N–H and O–H groups in total. The molecule has 2 rings (SSSR count). The zero-order valence-electron chi connectivity index (χ0n) is 11.3. The lowest BCUT2D eigenvalue weighted by atomic mass is 9.85. The van der Waals surface area contributed by atoms with Gasteiger partial charge < -0.3 is 4.90 Å². The maximum absolute atomic E-state index is 11.5. The first-order chi connectivity index (χ1) is 8.99. The summed E-state index contributed by atoms with van der Waals surface area (Å²) in [6.07, 6.45) is 3.78. The highest BCUT2D eigenvalue weighted by Gasteiger charge is 2.22. The topological polar surface area (TPSA) is 63.5 Å².